The Kier molecular flexibility index (Phi) is 6.63. The molecule has 1 aromatic carbocycles. The highest BCUT2D eigenvalue weighted by atomic mass is 19.4. The predicted octanol–water partition coefficient (Wildman–Crippen LogP) is 3.01. The fourth-order valence-corrected chi connectivity index (χ4v) is 3.04. The third kappa shape index (κ3) is 5.74. The predicted molar refractivity (Wildman–Crippen MR) is 104 cm³/mol. The molecule has 10 heteroatoms. The summed E-state index contributed by atoms with van der Waals surface area (Å²) in [4.78, 5) is 15.9. The van der Waals surface area contributed by atoms with Crippen LogP contribution in [0.15, 0.2) is 36.4 Å². The van der Waals surface area contributed by atoms with Gasteiger partial charge in [-0.25, -0.2) is 0 Å². The first kappa shape index (κ1) is 21.7. The highest BCUT2D eigenvalue weighted by Gasteiger charge is 2.31. The maximum Gasteiger partial charge on any atom is 0.416 e. The molecule has 2 heterocycles. The highest BCUT2D eigenvalue weighted by Crippen LogP contribution is 2.31. The molecule has 1 saturated heterocycles. The number of carbonyl (C=O) groups excluding carboxylic acids is 1. The molecule has 1 aliphatic heterocycles. The van der Waals surface area contributed by atoms with E-state index < -0.39 is 11.7 Å². The van der Waals surface area contributed by atoms with Gasteiger partial charge in [-0.3, -0.25) is 4.79 Å². The van der Waals surface area contributed by atoms with E-state index in [0.29, 0.717) is 24.8 Å². The zero-order valence-electron chi connectivity index (χ0n) is 16.7. The van der Waals surface area contributed by atoms with Gasteiger partial charge in [0.1, 0.15) is 11.9 Å². The second kappa shape index (κ2) is 9.19. The number of carbonyl (C=O) groups is 1. The van der Waals surface area contributed by atoms with Crippen LogP contribution < -0.4 is 14.4 Å². The Morgan fingerprint density at radius 3 is 2.70 bits per heavy atom. The number of likely N-dealkylation sites (tertiary alicyclic amines) is 1. The van der Waals surface area contributed by atoms with E-state index in [-0.39, 0.29) is 24.4 Å². The van der Waals surface area contributed by atoms with E-state index in [4.69, 9.17) is 9.47 Å². The van der Waals surface area contributed by atoms with Crippen LogP contribution in [0, 0.1) is 0 Å². The van der Waals surface area contributed by atoms with Gasteiger partial charge in [0.2, 0.25) is 5.88 Å². The Morgan fingerprint density at radius 2 is 2.03 bits per heavy atom. The first-order valence-electron chi connectivity index (χ1n) is 9.48. The lowest BCUT2D eigenvalue weighted by Gasteiger charge is -2.32. The molecule has 0 N–H and O–H groups in total. The standard InChI is InChI=1S/C20H23F3N4O3/c1-26(2)17-8-9-18(25-24-17)30-16-7-4-10-27(12-16)19(28)13-29-15-6-3-5-14(11-15)20(21,22)23/h3,5-6,8-9,11,16H,4,7,10,12-13H2,1-2H3. The SMILES string of the molecule is CN(C)c1ccc(OC2CCCN(C(=O)COc3cccc(C(F)(F)F)c3)C2)nn1. The van der Waals surface area contributed by atoms with Crippen LogP contribution in [-0.2, 0) is 11.0 Å². The van der Waals surface area contributed by atoms with Crippen LogP contribution in [0.2, 0.25) is 0 Å². The van der Waals surface area contributed by atoms with Crippen molar-refractivity contribution in [3.8, 4) is 11.6 Å². The summed E-state index contributed by atoms with van der Waals surface area (Å²) in [6, 6.07) is 7.98. The monoisotopic (exact) mass is 424 g/mol. The van der Waals surface area contributed by atoms with Crippen molar-refractivity contribution >= 4 is 11.7 Å². The van der Waals surface area contributed by atoms with Crippen LogP contribution in [-0.4, -0.2) is 60.9 Å². The molecule has 0 saturated carbocycles. The van der Waals surface area contributed by atoms with Gasteiger partial charge in [-0.1, -0.05) is 6.07 Å². The third-order valence-corrected chi connectivity index (χ3v) is 4.63. The normalized spacial score (nSPS) is 16.8. The summed E-state index contributed by atoms with van der Waals surface area (Å²) in [5.41, 5.74) is -0.819. The molecule has 1 aromatic heterocycles. The topological polar surface area (TPSA) is 67.8 Å². The smallest absolute Gasteiger partial charge is 0.416 e. The van der Waals surface area contributed by atoms with Crippen LogP contribution in [0.3, 0.4) is 0 Å². The molecule has 1 aliphatic rings. The quantitative estimate of drug-likeness (QED) is 0.710. The zero-order chi connectivity index (χ0) is 21.7. The van der Waals surface area contributed by atoms with Crippen LogP contribution in [0.1, 0.15) is 18.4 Å². The van der Waals surface area contributed by atoms with Crippen LogP contribution in [0.5, 0.6) is 11.6 Å². The largest absolute Gasteiger partial charge is 0.484 e. The number of hydrogen-bond donors (Lipinski definition) is 0. The van der Waals surface area contributed by atoms with Crippen molar-refractivity contribution in [1.29, 1.82) is 0 Å². The number of rotatable bonds is 6. The van der Waals surface area contributed by atoms with Crippen molar-refractivity contribution < 1.29 is 27.4 Å². The van der Waals surface area contributed by atoms with Gasteiger partial charge in [0.05, 0.1) is 12.1 Å². The average molecular weight is 424 g/mol. The lowest BCUT2D eigenvalue weighted by Crippen LogP contribution is -2.46. The molecule has 3 rings (SSSR count). The van der Waals surface area contributed by atoms with Crippen molar-refractivity contribution in [1.82, 2.24) is 15.1 Å². The molecule has 7 nitrogen and oxygen atoms in total. The molecule has 0 radical (unpaired) electrons. The fourth-order valence-electron chi connectivity index (χ4n) is 3.04. The molecule has 30 heavy (non-hydrogen) atoms. The molecule has 1 fully saturated rings. The molecule has 2 aromatic rings. The minimum atomic E-state index is -4.46. The number of nitrogens with zero attached hydrogens (tertiary/aromatic N) is 4. The molecule has 0 aliphatic carbocycles. The number of anilines is 1. The Balaban J connectivity index is 1.53. The summed E-state index contributed by atoms with van der Waals surface area (Å²) in [7, 11) is 3.72. The van der Waals surface area contributed by atoms with Gasteiger partial charge < -0.3 is 19.3 Å². The zero-order valence-corrected chi connectivity index (χ0v) is 16.7. The first-order chi connectivity index (χ1) is 14.2. The summed E-state index contributed by atoms with van der Waals surface area (Å²) in [6.07, 6.45) is -3.21. The number of benzene rings is 1. The summed E-state index contributed by atoms with van der Waals surface area (Å²) in [6.45, 7) is 0.545. The minimum absolute atomic E-state index is 0.000703. The summed E-state index contributed by atoms with van der Waals surface area (Å²) in [5, 5.41) is 8.09. The van der Waals surface area contributed by atoms with E-state index in [2.05, 4.69) is 10.2 Å². The minimum Gasteiger partial charge on any atom is -0.484 e. The Labute approximate surface area is 172 Å². The average Bonchev–Trinajstić information content (AvgIpc) is 2.72. The van der Waals surface area contributed by atoms with E-state index in [9.17, 15) is 18.0 Å². The van der Waals surface area contributed by atoms with Crippen LogP contribution in [0.4, 0.5) is 19.0 Å². The maximum absolute atomic E-state index is 12.8. The number of aromatic nitrogens is 2. The van der Waals surface area contributed by atoms with Gasteiger partial charge in [-0.2, -0.15) is 13.2 Å². The van der Waals surface area contributed by atoms with E-state index >= 15 is 0 Å². The molecular formula is C20H23F3N4O3. The number of halogens is 3. The van der Waals surface area contributed by atoms with Crippen molar-refractivity contribution in [2.75, 3.05) is 38.7 Å². The second-order valence-electron chi connectivity index (χ2n) is 7.16. The van der Waals surface area contributed by atoms with Gasteiger partial charge in [0, 0.05) is 26.7 Å². The van der Waals surface area contributed by atoms with Crippen molar-refractivity contribution in [2.45, 2.75) is 25.1 Å². The van der Waals surface area contributed by atoms with Gasteiger partial charge >= 0.3 is 6.18 Å². The molecular weight excluding hydrogens is 401 g/mol. The van der Waals surface area contributed by atoms with E-state index in [0.717, 1.165) is 25.0 Å². The van der Waals surface area contributed by atoms with Crippen LogP contribution in [0.25, 0.3) is 0 Å². The first-order valence-corrected chi connectivity index (χ1v) is 9.48. The lowest BCUT2D eigenvalue weighted by molar-refractivity contribution is -0.137. The summed E-state index contributed by atoms with van der Waals surface area (Å²) < 4.78 is 49.5. The Hall–Kier alpha value is -3.04. The molecule has 162 valence electrons. The maximum atomic E-state index is 12.8. The number of piperidine rings is 1. The molecule has 0 spiro atoms. The van der Waals surface area contributed by atoms with Crippen LogP contribution >= 0.6 is 0 Å². The van der Waals surface area contributed by atoms with E-state index in [1.54, 1.807) is 17.0 Å². The van der Waals surface area contributed by atoms with E-state index in [1.165, 1.54) is 12.1 Å². The van der Waals surface area contributed by atoms with Crippen molar-refractivity contribution in [3.63, 3.8) is 0 Å². The summed E-state index contributed by atoms with van der Waals surface area (Å²) in [5.74, 6) is 0.767. The van der Waals surface area contributed by atoms with Gasteiger partial charge in [-0.15, -0.1) is 10.2 Å². The highest BCUT2D eigenvalue weighted by molar-refractivity contribution is 5.78. The fraction of sp³-hybridized carbons (Fsp3) is 0.450. The number of amides is 1. The number of hydrogen-bond acceptors (Lipinski definition) is 6. The van der Waals surface area contributed by atoms with Gasteiger partial charge in [-0.05, 0) is 37.1 Å². The number of ether oxygens (including phenoxy) is 2. The van der Waals surface area contributed by atoms with Crippen molar-refractivity contribution in [3.05, 3.63) is 42.0 Å². The van der Waals surface area contributed by atoms with Gasteiger partial charge in [0.15, 0.2) is 12.4 Å². The Bertz CT molecular complexity index is 859. The molecule has 1 amide bonds. The van der Waals surface area contributed by atoms with Gasteiger partial charge in [0.25, 0.3) is 5.91 Å². The molecule has 1 atom stereocenters. The number of alkyl halides is 3. The second-order valence-corrected chi connectivity index (χ2v) is 7.16. The molecule has 1 unspecified atom stereocenters. The third-order valence-electron chi connectivity index (χ3n) is 4.63. The summed E-state index contributed by atoms with van der Waals surface area (Å²) >= 11 is 0. The Morgan fingerprint density at radius 1 is 1.23 bits per heavy atom. The van der Waals surface area contributed by atoms with E-state index in [1.807, 2.05) is 19.0 Å². The van der Waals surface area contributed by atoms with Crippen molar-refractivity contribution in [2.24, 2.45) is 0 Å². The molecule has 0 bridgehead atoms. The lowest BCUT2D eigenvalue weighted by atomic mass is 10.1.